The average Bonchev–Trinajstić information content (AvgIpc) is 2.73. The maximum atomic E-state index is 11.9. The predicted molar refractivity (Wildman–Crippen MR) is 73.6 cm³/mol. The van der Waals surface area contributed by atoms with Gasteiger partial charge in [-0.15, -0.1) is 11.3 Å². The standard InChI is InChI=1S/C15H14OS/c1-11-3-5-13(6-4-11)14(16)7-8-15-12(2)9-10-17-15/h3-10H,1-2H3/b8-7+. The summed E-state index contributed by atoms with van der Waals surface area (Å²) in [5.41, 5.74) is 3.11. The van der Waals surface area contributed by atoms with Gasteiger partial charge in [-0.1, -0.05) is 29.8 Å². The summed E-state index contributed by atoms with van der Waals surface area (Å²) in [7, 11) is 0. The lowest BCUT2D eigenvalue weighted by Gasteiger charge is -1.96. The Balaban J connectivity index is 2.14. The number of allylic oxidation sites excluding steroid dienone is 1. The summed E-state index contributed by atoms with van der Waals surface area (Å²) >= 11 is 1.65. The molecule has 1 aromatic carbocycles. The fourth-order valence-electron chi connectivity index (χ4n) is 1.52. The van der Waals surface area contributed by atoms with Gasteiger partial charge in [-0.3, -0.25) is 4.79 Å². The van der Waals surface area contributed by atoms with Gasteiger partial charge in [0.25, 0.3) is 0 Å². The van der Waals surface area contributed by atoms with Crippen LogP contribution in [0, 0.1) is 13.8 Å². The minimum absolute atomic E-state index is 0.0535. The third-order valence-electron chi connectivity index (χ3n) is 2.62. The molecule has 0 N–H and O–H groups in total. The molecule has 0 radical (unpaired) electrons. The van der Waals surface area contributed by atoms with E-state index in [2.05, 4.69) is 6.07 Å². The van der Waals surface area contributed by atoms with Gasteiger partial charge >= 0.3 is 0 Å². The Morgan fingerprint density at radius 1 is 1.12 bits per heavy atom. The van der Waals surface area contributed by atoms with Crippen molar-refractivity contribution < 1.29 is 4.79 Å². The monoisotopic (exact) mass is 242 g/mol. The summed E-state index contributed by atoms with van der Waals surface area (Å²) in [6.45, 7) is 4.06. The van der Waals surface area contributed by atoms with Crippen LogP contribution in [-0.4, -0.2) is 5.78 Å². The maximum absolute atomic E-state index is 11.9. The number of thiophene rings is 1. The van der Waals surface area contributed by atoms with Gasteiger partial charge in [0.15, 0.2) is 5.78 Å². The van der Waals surface area contributed by atoms with E-state index in [0.717, 1.165) is 10.4 Å². The highest BCUT2D eigenvalue weighted by atomic mass is 32.1. The molecule has 17 heavy (non-hydrogen) atoms. The molecule has 0 aliphatic heterocycles. The summed E-state index contributed by atoms with van der Waals surface area (Å²) in [5, 5.41) is 2.03. The number of benzene rings is 1. The molecule has 0 saturated heterocycles. The van der Waals surface area contributed by atoms with Crippen LogP contribution in [-0.2, 0) is 0 Å². The largest absolute Gasteiger partial charge is 0.289 e. The Morgan fingerprint density at radius 2 is 1.82 bits per heavy atom. The zero-order valence-electron chi connectivity index (χ0n) is 9.94. The fraction of sp³-hybridized carbons (Fsp3) is 0.133. The molecular weight excluding hydrogens is 228 g/mol. The van der Waals surface area contributed by atoms with Crippen molar-refractivity contribution in [3.8, 4) is 0 Å². The smallest absolute Gasteiger partial charge is 0.185 e. The molecule has 0 saturated carbocycles. The average molecular weight is 242 g/mol. The molecule has 0 aliphatic carbocycles. The molecule has 0 spiro atoms. The summed E-state index contributed by atoms with van der Waals surface area (Å²) in [6.07, 6.45) is 3.53. The molecule has 2 aromatic rings. The van der Waals surface area contributed by atoms with Gasteiger partial charge in [0, 0.05) is 10.4 Å². The molecule has 2 rings (SSSR count). The normalized spacial score (nSPS) is 10.9. The molecule has 0 fully saturated rings. The van der Waals surface area contributed by atoms with Crippen molar-refractivity contribution in [2.75, 3.05) is 0 Å². The Bertz CT molecular complexity index is 547. The second-order valence-electron chi connectivity index (χ2n) is 4.03. The third kappa shape index (κ3) is 2.92. The third-order valence-corrected chi connectivity index (χ3v) is 3.61. The van der Waals surface area contributed by atoms with Crippen LogP contribution < -0.4 is 0 Å². The van der Waals surface area contributed by atoms with E-state index >= 15 is 0 Å². The summed E-state index contributed by atoms with van der Waals surface area (Å²) < 4.78 is 0. The van der Waals surface area contributed by atoms with E-state index in [1.807, 2.05) is 49.6 Å². The number of ketones is 1. The maximum Gasteiger partial charge on any atom is 0.185 e. The van der Waals surface area contributed by atoms with Crippen LogP contribution in [0.1, 0.15) is 26.4 Å². The van der Waals surface area contributed by atoms with Gasteiger partial charge in [0.05, 0.1) is 0 Å². The van der Waals surface area contributed by atoms with Gasteiger partial charge in [0.1, 0.15) is 0 Å². The summed E-state index contributed by atoms with van der Waals surface area (Å²) in [4.78, 5) is 13.0. The van der Waals surface area contributed by atoms with Crippen LogP contribution in [0.5, 0.6) is 0 Å². The molecule has 0 aliphatic rings. The van der Waals surface area contributed by atoms with Crippen LogP contribution in [0.15, 0.2) is 41.8 Å². The lowest BCUT2D eigenvalue weighted by Crippen LogP contribution is -1.93. The van der Waals surface area contributed by atoms with E-state index in [9.17, 15) is 4.79 Å². The van der Waals surface area contributed by atoms with Crippen LogP contribution in [0.2, 0.25) is 0 Å². The zero-order chi connectivity index (χ0) is 12.3. The number of hydrogen-bond acceptors (Lipinski definition) is 2. The van der Waals surface area contributed by atoms with Crippen molar-refractivity contribution >= 4 is 23.2 Å². The number of aryl methyl sites for hydroxylation is 2. The molecule has 0 bridgehead atoms. The van der Waals surface area contributed by atoms with Crippen molar-refractivity contribution in [2.24, 2.45) is 0 Å². The van der Waals surface area contributed by atoms with Crippen LogP contribution >= 0.6 is 11.3 Å². The zero-order valence-corrected chi connectivity index (χ0v) is 10.8. The first kappa shape index (κ1) is 11.8. The van der Waals surface area contributed by atoms with Crippen LogP contribution in [0.25, 0.3) is 6.08 Å². The van der Waals surface area contributed by atoms with Crippen molar-refractivity contribution in [2.45, 2.75) is 13.8 Å². The van der Waals surface area contributed by atoms with E-state index in [1.165, 1.54) is 11.1 Å². The van der Waals surface area contributed by atoms with Gasteiger partial charge in [-0.05, 0) is 43.0 Å². The first-order valence-corrected chi connectivity index (χ1v) is 6.38. The highest BCUT2D eigenvalue weighted by Gasteiger charge is 2.01. The second kappa shape index (κ2) is 5.11. The number of carbonyl (C=O) groups excluding carboxylic acids is 1. The molecule has 0 atom stereocenters. The molecule has 1 nitrogen and oxygen atoms in total. The molecular formula is C15H14OS. The number of rotatable bonds is 3. The van der Waals surface area contributed by atoms with Gasteiger partial charge in [-0.2, -0.15) is 0 Å². The highest BCUT2D eigenvalue weighted by molar-refractivity contribution is 7.11. The van der Waals surface area contributed by atoms with Crippen molar-refractivity contribution in [3.63, 3.8) is 0 Å². The minimum atomic E-state index is 0.0535. The topological polar surface area (TPSA) is 17.1 Å². The Kier molecular flexibility index (Phi) is 3.55. The lowest BCUT2D eigenvalue weighted by atomic mass is 10.1. The van der Waals surface area contributed by atoms with Crippen molar-refractivity contribution in [3.05, 3.63) is 63.4 Å². The molecule has 86 valence electrons. The molecule has 1 heterocycles. The molecule has 2 heteroatoms. The van der Waals surface area contributed by atoms with Crippen LogP contribution in [0.4, 0.5) is 0 Å². The predicted octanol–water partition coefficient (Wildman–Crippen LogP) is 4.26. The first-order chi connectivity index (χ1) is 8.16. The van der Waals surface area contributed by atoms with Crippen molar-refractivity contribution in [1.82, 2.24) is 0 Å². The summed E-state index contributed by atoms with van der Waals surface area (Å²) in [6, 6.07) is 9.70. The molecule has 0 unspecified atom stereocenters. The number of carbonyl (C=O) groups is 1. The van der Waals surface area contributed by atoms with E-state index < -0.39 is 0 Å². The van der Waals surface area contributed by atoms with E-state index in [-0.39, 0.29) is 5.78 Å². The van der Waals surface area contributed by atoms with Gasteiger partial charge in [0.2, 0.25) is 0 Å². The minimum Gasteiger partial charge on any atom is -0.289 e. The highest BCUT2D eigenvalue weighted by Crippen LogP contribution is 2.17. The van der Waals surface area contributed by atoms with Gasteiger partial charge in [-0.25, -0.2) is 0 Å². The van der Waals surface area contributed by atoms with E-state index in [4.69, 9.17) is 0 Å². The lowest BCUT2D eigenvalue weighted by molar-refractivity contribution is 0.104. The van der Waals surface area contributed by atoms with Crippen molar-refractivity contribution in [1.29, 1.82) is 0 Å². The molecule has 0 amide bonds. The number of hydrogen-bond donors (Lipinski definition) is 0. The SMILES string of the molecule is Cc1ccc(C(=O)/C=C/c2sccc2C)cc1. The van der Waals surface area contributed by atoms with E-state index in [1.54, 1.807) is 17.4 Å². The van der Waals surface area contributed by atoms with E-state index in [0.29, 0.717) is 0 Å². The Labute approximate surface area is 105 Å². The Morgan fingerprint density at radius 3 is 2.41 bits per heavy atom. The van der Waals surface area contributed by atoms with Crippen LogP contribution in [0.3, 0.4) is 0 Å². The molecule has 1 aromatic heterocycles. The summed E-state index contributed by atoms with van der Waals surface area (Å²) in [5.74, 6) is 0.0535. The second-order valence-corrected chi connectivity index (χ2v) is 4.98. The quantitative estimate of drug-likeness (QED) is 0.580. The van der Waals surface area contributed by atoms with Gasteiger partial charge < -0.3 is 0 Å². The first-order valence-electron chi connectivity index (χ1n) is 5.50. The fourth-order valence-corrected chi connectivity index (χ4v) is 2.34. The Hall–Kier alpha value is -1.67.